The van der Waals surface area contributed by atoms with E-state index >= 15 is 0 Å². The molecule has 1 saturated carbocycles. The van der Waals surface area contributed by atoms with Gasteiger partial charge in [0.15, 0.2) is 0 Å². The first kappa shape index (κ1) is 20.5. The molecule has 6 heteroatoms. The highest BCUT2D eigenvalue weighted by Crippen LogP contribution is 2.44. The van der Waals surface area contributed by atoms with Gasteiger partial charge in [0.25, 0.3) is 5.91 Å². The molecule has 0 saturated heterocycles. The predicted octanol–water partition coefficient (Wildman–Crippen LogP) is 5.34. The average molecular weight is 451 g/mol. The number of nitrogens with zero attached hydrogens (tertiary/aromatic N) is 3. The summed E-state index contributed by atoms with van der Waals surface area (Å²) < 4.78 is 7.65. The van der Waals surface area contributed by atoms with E-state index in [1.807, 2.05) is 76.3 Å². The summed E-state index contributed by atoms with van der Waals surface area (Å²) in [4.78, 5) is 15.6. The quantitative estimate of drug-likeness (QED) is 0.431. The second kappa shape index (κ2) is 8.37. The molecule has 1 aliphatic heterocycles. The van der Waals surface area contributed by atoms with Crippen LogP contribution in [0.4, 0.5) is 5.69 Å². The number of hydrogen-bond donors (Lipinski definition) is 1. The number of hydrogen-bond acceptors (Lipinski definition) is 4. The lowest BCUT2D eigenvalue weighted by molar-refractivity contribution is 0.0667. The number of methoxy groups -OCH3 is 1. The number of para-hydroxylation sites is 2. The third-order valence-electron chi connectivity index (χ3n) is 6.54. The van der Waals surface area contributed by atoms with E-state index in [4.69, 9.17) is 9.84 Å². The van der Waals surface area contributed by atoms with Crippen molar-refractivity contribution in [3.05, 3.63) is 102 Å². The highest BCUT2D eigenvalue weighted by Gasteiger charge is 2.43. The lowest BCUT2D eigenvalue weighted by atomic mass is 10.0. The van der Waals surface area contributed by atoms with Gasteiger partial charge in [0, 0.05) is 29.1 Å². The zero-order valence-corrected chi connectivity index (χ0v) is 19.0. The van der Waals surface area contributed by atoms with E-state index in [1.54, 1.807) is 7.11 Å². The standard InChI is InChI=1S/C28H26N4O2/c1-34-25-14-8-6-12-22(25)26-23(18-31(30-26)17-19-9-3-2-4-10-19)27-29-24-13-7-5-11-21(24)28(33)32(27)20-15-16-20/h2-14,18,20,27,29H,15-17H2,1H3. The summed E-state index contributed by atoms with van der Waals surface area (Å²) in [6.45, 7) is 0.643. The molecule has 2 heterocycles. The summed E-state index contributed by atoms with van der Waals surface area (Å²) in [5.74, 6) is 0.831. The molecular formula is C28H26N4O2. The SMILES string of the molecule is COc1ccccc1-c1nn(Cc2ccccc2)cc1C1Nc2ccccc2C(=O)N1C1CC1. The largest absolute Gasteiger partial charge is 0.496 e. The van der Waals surface area contributed by atoms with Crippen LogP contribution in [0.15, 0.2) is 85.1 Å². The van der Waals surface area contributed by atoms with Crippen molar-refractivity contribution >= 4 is 11.6 Å². The number of aromatic nitrogens is 2. The zero-order chi connectivity index (χ0) is 23.1. The fraction of sp³-hybridized carbons (Fsp3) is 0.214. The first-order valence-electron chi connectivity index (χ1n) is 11.7. The van der Waals surface area contributed by atoms with Crippen LogP contribution in [0.25, 0.3) is 11.3 Å². The van der Waals surface area contributed by atoms with Crippen LogP contribution in [0.5, 0.6) is 5.75 Å². The minimum Gasteiger partial charge on any atom is -0.496 e. The molecule has 4 aromatic rings. The number of nitrogens with one attached hydrogen (secondary N) is 1. The Balaban J connectivity index is 1.49. The van der Waals surface area contributed by atoms with Crippen LogP contribution in [0.2, 0.25) is 0 Å². The Morgan fingerprint density at radius 3 is 2.41 bits per heavy atom. The molecule has 0 spiro atoms. The molecule has 6 rings (SSSR count). The molecule has 1 aromatic heterocycles. The second-order valence-electron chi connectivity index (χ2n) is 8.85. The van der Waals surface area contributed by atoms with Crippen LogP contribution in [0.1, 0.15) is 40.5 Å². The molecule has 0 bridgehead atoms. The molecule has 0 radical (unpaired) electrons. The third kappa shape index (κ3) is 3.61. The fourth-order valence-corrected chi connectivity index (χ4v) is 4.76. The van der Waals surface area contributed by atoms with Gasteiger partial charge < -0.3 is 15.0 Å². The van der Waals surface area contributed by atoms with Crippen LogP contribution >= 0.6 is 0 Å². The molecule has 1 N–H and O–H groups in total. The smallest absolute Gasteiger partial charge is 0.258 e. The third-order valence-corrected chi connectivity index (χ3v) is 6.54. The summed E-state index contributed by atoms with van der Waals surface area (Å²) in [5.41, 5.74) is 5.45. The van der Waals surface area contributed by atoms with Crippen LogP contribution in [-0.4, -0.2) is 33.7 Å². The minimum absolute atomic E-state index is 0.0728. The molecule has 1 unspecified atom stereocenters. The maximum absolute atomic E-state index is 13.6. The molecule has 2 aliphatic rings. The minimum atomic E-state index is -0.306. The molecule has 6 nitrogen and oxygen atoms in total. The van der Waals surface area contributed by atoms with Gasteiger partial charge in [-0.3, -0.25) is 9.48 Å². The van der Waals surface area contributed by atoms with Crippen molar-refractivity contribution in [2.24, 2.45) is 0 Å². The molecular weight excluding hydrogens is 424 g/mol. The molecule has 1 fully saturated rings. The van der Waals surface area contributed by atoms with E-state index in [0.717, 1.165) is 46.7 Å². The van der Waals surface area contributed by atoms with E-state index in [1.165, 1.54) is 5.56 Å². The van der Waals surface area contributed by atoms with Gasteiger partial charge >= 0.3 is 0 Å². The van der Waals surface area contributed by atoms with Crippen molar-refractivity contribution in [3.63, 3.8) is 0 Å². The number of carbonyl (C=O) groups is 1. The second-order valence-corrected chi connectivity index (χ2v) is 8.85. The number of amides is 1. The van der Waals surface area contributed by atoms with E-state index < -0.39 is 0 Å². The Bertz CT molecular complexity index is 1340. The van der Waals surface area contributed by atoms with Gasteiger partial charge in [-0.2, -0.15) is 5.10 Å². The van der Waals surface area contributed by atoms with Crippen molar-refractivity contribution in [2.75, 3.05) is 12.4 Å². The Morgan fingerprint density at radius 1 is 0.941 bits per heavy atom. The summed E-state index contributed by atoms with van der Waals surface area (Å²) in [6, 6.07) is 26.2. The van der Waals surface area contributed by atoms with E-state index in [9.17, 15) is 4.79 Å². The maximum Gasteiger partial charge on any atom is 0.258 e. The fourth-order valence-electron chi connectivity index (χ4n) is 4.76. The molecule has 3 aromatic carbocycles. The number of fused-ring (bicyclic) bond motifs is 1. The number of benzene rings is 3. The highest BCUT2D eigenvalue weighted by atomic mass is 16.5. The predicted molar refractivity (Wildman–Crippen MR) is 132 cm³/mol. The molecule has 1 atom stereocenters. The Kier molecular flexibility index (Phi) is 5.06. The summed E-state index contributed by atoms with van der Waals surface area (Å²) in [7, 11) is 1.68. The van der Waals surface area contributed by atoms with E-state index in [0.29, 0.717) is 6.54 Å². The first-order valence-corrected chi connectivity index (χ1v) is 11.7. The number of ether oxygens (including phenoxy) is 1. The van der Waals surface area contributed by atoms with Crippen molar-refractivity contribution in [2.45, 2.75) is 31.6 Å². The van der Waals surface area contributed by atoms with Gasteiger partial charge in [0.05, 0.1) is 19.2 Å². The maximum atomic E-state index is 13.6. The number of carbonyl (C=O) groups excluding carboxylic acids is 1. The normalized spacial score (nSPS) is 17.3. The molecule has 34 heavy (non-hydrogen) atoms. The van der Waals surface area contributed by atoms with Gasteiger partial charge in [-0.05, 0) is 42.7 Å². The summed E-state index contributed by atoms with van der Waals surface area (Å²) >= 11 is 0. The van der Waals surface area contributed by atoms with Crippen molar-refractivity contribution in [1.82, 2.24) is 14.7 Å². The lowest BCUT2D eigenvalue weighted by Crippen LogP contribution is -2.44. The first-order chi connectivity index (χ1) is 16.7. The van der Waals surface area contributed by atoms with Crippen LogP contribution < -0.4 is 10.1 Å². The van der Waals surface area contributed by atoms with Gasteiger partial charge in [-0.1, -0.05) is 54.6 Å². The van der Waals surface area contributed by atoms with Crippen molar-refractivity contribution in [1.29, 1.82) is 0 Å². The Morgan fingerprint density at radius 2 is 1.65 bits per heavy atom. The monoisotopic (exact) mass is 450 g/mol. The van der Waals surface area contributed by atoms with Gasteiger partial charge in [0.2, 0.25) is 0 Å². The lowest BCUT2D eigenvalue weighted by Gasteiger charge is -2.38. The number of anilines is 1. The number of rotatable bonds is 6. The summed E-state index contributed by atoms with van der Waals surface area (Å²) in [6.07, 6.45) is 3.81. The van der Waals surface area contributed by atoms with E-state index in [2.05, 4.69) is 23.6 Å². The van der Waals surface area contributed by atoms with E-state index in [-0.39, 0.29) is 18.1 Å². The van der Waals surface area contributed by atoms with Crippen LogP contribution in [-0.2, 0) is 6.54 Å². The topological polar surface area (TPSA) is 59.4 Å². The van der Waals surface area contributed by atoms with Gasteiger partial charge in [-0.25, -0.2) is 0 Å². The highest BCUT2D eigenvalue weighted by molar-refractivity contribution is 6.02. The zero-order valence-electron chi connectivity index (χ0n) is 19.0. The van der Waals surface area contributed by atoms with Crippen LogP contribution in [0.3, 0.4) is 0 Å². The Hall–Kier alpha value is -4.06. The summed E-state index contributed by atoms with van der Waals surface area (Å²) in [5, 5.41) is 8.66. The molecule has 170 valence electrons. The average Bonchev–Trinajstić information content (AvgIpc) is 3.63. The van der Waals surface area contributed by atoms with Crippen molar-refractivity contribution in [3.8, 4) is 17.0 Å². The molecule has 1 amide bonds. The van der Waals surface area contributed by atoms with Gasteiger partial charge in [-0.15, -0.1) is 0 Å². The molecule has 1 aliphatic carbocycles. The van der Waals surface area contributed by atoms with Crippen molar-refractivity contribution < 1.29 is 9.53 Å². The van der Waals surface area contributed by atoms with Crippen LogP contribution in [0, 0.1) is 0 Å². The van der Waals surface area contributed by atoms with Gasteiger partial charge in [0.1, 0.15) is 17.6 Å². The Labute approximate surface area is 198 Å².